The highest BCUT2D eigenvalue weighted by molar-refractivity contribution is 5.97. The summed E-state index contributed by atoms with van der Waals surface area (Å²) in [6.45, 7) is 5.87. The number of hydrogen-bond donors (Lipinski definition) is 1. The van der Waals surface area contributed by atoms with Crippen LogP contribution in [0.5, 0.6) is 0 Å². The maximum absolute atomic E-state index is 12.0. The number of amidine groups is 1. The zero-order chi connectivity index (χ0) is 17.4. The van der Waals surface area contributed by atoms with Gasteiger partial charge in [-0.2, -0.15) is 4.90 Å². The summed E-state index contributed by atoms with van der Waals surface area (Å²) >= 11 is 0. The van der Waals surface area contributed by atoms with Crippen LogP contribution in [0.25, 0.3) is 0 Å². The first-order valence-corrected chi connectivity index (χ1v) is 9.36. The minimum atomic E-state index is -1.01. The second kappa shape index (κ2) is 6.30. The van der Waals surface area contributed by atoms with Crippen LogP contribution in [0.2, 0.25) is 0 Å². The lowest BCUT2D eigenvalue weighted by Crippen LogP contribution is -2.48. The number of aliphatic hydroxyl groups is 1. The predicted octanol–water partition coefficient (Wildman–Crippen LogP) is 3.95. The molecule has 0 amide bonds. The maximum Gasteiger partial charge on any atom is 0.275 e. The summed E-state index contributed by atoms with van der Waals surface area (Å²) in [5.41, 5.74) is 3.42. The summed E-state index contributed by atoms with van der Waals surface area (Å²) in [7, 11) is 0. The first-order valence-electron chi connectivity index (χ1n) is 9.36. The largest absolute Gasteiger partial charge is 0.346 e. The fourth-order valence-electron chi connectivity index (χ4n) is 4.34. The molecule has 2 heterocycles. The van der Waals surface area contributed by atoms with E-state index in [4.69, 9.17) is 0 Å². The average molecular weight is 335 g/mol. The van der Waals surface area contributed by atoms with E-state index in [0.29, 0.717) is 6.54 Å². The summed E-state index contributed by atoms with van der Waals surface area (Å²) in [5, 5.41) is 12.0. The maximum atomic E-state index is 12.0. The second-order valence-corrected chi connectivity index (χ2v) is 7.45. The van der Waals surface area contributed by atoms with Gasteiger partial charge in [0.15, 0.2) is 6.54 Å². The highest BCUT2D eigenvalue weighted by atomic mass is 16.3. The van der Waals surface area contributed by atoms with Gasteiger partial charge in [0, 0.05) is 12.0 Å². The third-order valence-corrected chi connectivity index (χ3v) is 5.57. The monoisotopic (exact) mass is 335 g/mol. The average Bonchev–Trinajstić information content (AvgIpc) is 2.74. The normalized spacial score (nSPS) is 23.6. The van der Waals surface area contributed by atoms with Gasteiger partial charge in [0.25, 0.3) is 11.6 Å². The zero-order valence-corrected chi connectivity index (χ0v) is 15.2. The molecule has 0 saturated heterocycles. The standard InChI is InChI=1S/C22H27N2O/c1-17-12-13-18(2)20(15-17)22(25)16-23-14-8-4-7-11-21(23)24(22)19-9-5-3-6-10-19/h3,5-6,9-10,12-13,15,25H,4,7-8,11,14,16H2,1-2H3/q+1/t22-/m1/s1. The Kier molecular flexibility index (Phi) is 4.12. The van der Waals surface area contributed by atoms with E-state index in [0.717, 1.165) is 29.8 Å². The fourth-order valence-corrected chi connectivity index (χ4v) is 4.34. The van der Waals surface area contributed by atoms with Gasteiger partial charge in [-0.25, -0.2) is 0 Å². The number of para-hydroxylation sites is 1. The van der Waals surface area contributed by atoms with Gasteiger partial charge >= 0.3 is 0 Å². The summed E-state index contributed by atoms with van der Waals surface area (Å²) in [4.78, 5) is 2.19. The number of benzene rings is 2. The molecule has 0 aliphatic carbocycles. The van der Waals surface area contributed by atoms with Crippen LogP contribution in [-0.2, 0) is 5.72 Å². The molecule has 4 rings (SSSR count). The Balaban J connectivity index is 1.88. The van der Waals surface area contributed by atoms with Crippen molar-refractivity contribution in [3.8, 4) is 0 Å². The van der Waals surface area contributed by atoms with Crippen molar-refractivity contribution in [2.75, 3.05) is 18.0 Å². The Morgan fingerprint density at radius 3 is 2.60 bits per heavy atom. The molecule has 0 aromatic heterocycles. The molecule has 0 spiro atoms. The van der Waals surface area contributed by atoms with Crippen molar-refractivity contribution in [1.29, 1.82) is 0 Å². The molecule has 0 saturated carbocycles. The van der Waals surface area contributed by atoms with Crippen LogP contribution in [0.15, 0.2) is 48.5 Å². The minimum Gasteiger partial charge on any atom is -0.346 e. The van der Waals surface area contributed by atoms with Gasteiger partial charge in [0.2, 0.25) is 0 Å². The first-order chi connectivity index (χ1) is 12.1. The van der Waals surface area contributed by atoms with Crippen molar-refractivity contribution < 1.29 is 9.68 Å². The van der Waals surface area contributed by atoms with E-state index in [-0.39, 0.29) is 0 Å². The van der Waals surface area contributed by atoms with Crippen LogP contribution in [0.1, 0.15) is 42.4 Å². The molecule has 3 nitrogen and oxygen atoms in total. The number of aryl methyl sites for hydroxylation is 2. The molecular weight excluding hydrogens is 308 g/mol. The van der Waals surface area contributed by atoms with Crippen LogP contribution < -0.4 is 4.90 Å². The van der Waals surface area contributed by atoms with Crippen molar-refractivity contribution in [1.82, 2.24) is 0 Å². The Bertz CT molecular complexity index is 812. The lowest BCUT2D eigenvalue weighted by Gasteiger charge is -2.30. The van der Waals surface area contributed by atoms with E-state index in [1.54, 1.807) is 0 Å². The lowest BCUT2D eigenvalue weighted by atomic mass is 9.94. The van der Waals surface area contributed by atoms with Gasteiger partial charge in [-0.1, -0.05) is 35.9 Å². The molecule has 25 heavy (non-hydrogen) atoms. The quantitative estimate of drug-likeness (QED) is 0.841. The Morgan fingerprint density at radius 1 is 1.00 bits per heavy atom. The smallest absolute Gasteiger partial charge is 0.275 e. The molecule has 2 aliphatic heterocycles. The molecule has 2 aromatic carbocycles. The van der Waals surface area contributed by atoms with Crippen LogP contribution in [-0.4, -0.2) is 28.6 Å². The molecule has 2 aliphatic rings. The number of hydrogen-bond acceptors (Lipinski definition) is 2. The number of nitrogens with zero attached hydrogens (tertiary/aromatic N) is 2. The molecule has 1 atom stereocenters. The van der Waals surface area contributed by atoms with Gasteiger partial charge in [-0.15, -0.1) is 0 Å². The van der Waals surface area contributed by atoms with E-state index in [1.807, 2.05) is 6.07 Å². The second-order valence-electron chi connectivity index (χ2n) is 7.45. The van der Waals surface area contributed by atoms with Crippen LogP contribution in [0, 0.1) is 13.8 Å². The molecule has 0 unspecified atom stereocenters. The Labute approximate surface area is 150 Å². The third kappa shape index (κ3) is 2.77. The van der Waals surface area contributed by atoms with Crippen molar-refractivity contribution in [3.63, 3.8) is 0 Å². The van der Waals surface area contributed by atoms with E-state index in [9.17, 15) is 5.11 Å². The summed E-state index contributed by atoms with van der Waals surface area (Å²) in [6, 6.07) is 16.8. The highest BCUT2D eigenvalue weighted by Gasteiger charge is 2.54. The first kappa shape index (κ1) is 16.3. The predicted molar refractivity (Wildman–Crippen MR) is 102 cm³/mol. The van der Waals surface area contributed by atoms with Gasteiger partial charge in [-0.3, -0.25) is 4.58 Å². The minimum absolute atomic E-state index is 0.640. The molecule has 1 N–H and O–H groups in total. The van der Waals surface area contributed by atoms with E-state index >= 15 is 0 Å². The molecule has 130 valence electrons. The SMILES string of the molecule is Cc1ccc(C)c([C@]2(O)C[N+]3=C(CCCCC3)N2c2ccccc2)c1. The van der Waals surface area contributed by atoms with Gasteiger partial charge in [0.05, 0.1) is 6.54 Å². The molecule has 0 bridgehead atoms. The fraction of sp³-hybridized carbons (Fsp3) is 0.409. The Hall–Kier alpha value is -2.13. The Morgan fingerprint density at radius 2 is 1.80 bits per heavy atom. The highest BCUT2D eigenvalue weighted by Crippen LogP contribution is 2.39. The van der Waals surface area contributed by atoms with Crippen LogP contribution in [0.4, 0.5) is 5.69 Å². The number of rotatable bonds is 2. The summed E-state index contributed by atoms with van der Waals surface area (Å²) < 4.78 is 2.40. The van der Waals surface area contributed by atoms with Gasteiger partial charge in [0.1, 0.15) is 5.69 Å². The molecular formula is C22H27N2O+. The van der Waals surface area contributed by atoms with Crippen molar-refractivity contribution in [3.05, 3.63) is 65.2 Å². The molecule has 0 fully saturated rings. The molecule has 3 heteroatoms. The van der Waals surface area contributed by atoms with E-state index < -0.39 is 5.72 Å². The lowest BCUT2D eigenvalue weighted by molar-refractivity contribution is -0.534. The number of anilines is 1. The molecule has 2 aromatic rings. The van der Waals surface area contributed by atoms with Crippen molar-refractivity contribution >= 4 is 11.5 Å². The molecule has 0 radical (unpaired) electrons. The van der Waals surface area contributed by atoms with E-state index in [1.165, 1.54) is 30.7 Å². The van der Waals surface area contributed by atoms with Gasteiger partial charge < -0.3 is 5.11 Å². The third-order valence-electron chi connectivity index (χ3n) is 5.57. The van der Waals surface area contributed by atoms with E-state index in [2.05, 4.69) is 65.8 Å². The topological polar surface area (TPSA) is 26.5 Å². The van der Waals surface area contributed by atoms with Crippen molar-refractivity contribution in [2.45, 2.75) is 45.3 Å². The summed E-state index contributed by atoms with van der Waals surface area (Å²) in [5.74, 6) is 1.27. The zero-order valence-electron chi connectivity index (χ0n) is 15.2. The van der Waals surface area contributed by atoms with Crippen LogP contribution >= 0.6 is 0 Å². The van der Waals surface area contributed by atoms with Crippen molar-refractivity contribution in [2.24, 2.45) is 0 Å². The van der Waals surface area contributed by atoms with Gasteiger partial charge in [-0.05, 0) is 56.9 Å². The summed E-state index contributed by atoms with van der Waals surface area (Å²) in [6.07, 6.45) is 4.69. The van der Waals surface area contributed by atoms with Crippen LogP contribution in [0.3, 0.4) is 0 Å².